The van der Waals surface area contributed by atoms with Gasteiger partial charge in [0.25, 0.3) is 10.0 Å². The Hall–Kier alpha value is -1.66. The number of halogens is 3. The molecule has 100 valence electrons. The third-order valence-corrected chi connectivity index (χ3v) is 3.94. The molecule has 0 saturated carbocycles. The molecule has 2 rings (SSSR count). The number of rotatable bonds is 3. The molecule has 0 radical (unpaired) electrons. The molecule has 0 amide bonds. The van der Waals surface area contributed by atoms with Gasteiger partial charge in [0.1, 0.15) is 16.5 Å². The summed E-state index contributed by atoms with van der Waals surface area (Å²) < 4.78 is 52.7. The van der Waals surface area contributed by atoms with Crippen LogP contribution in [0.5, 0.6) is 0 Å². The number of nitrogens with one attached hydrogen (secondary N) is 1. The van der Waals surface area contributed by atoms with Crippen LogP contribution >= 0.6 is 11.6 Å². The summed E-state index contributed by atoms with van der Waals surface area (Å²) in [5, 5.41) is 0.0716. The van der Waals surface area contributed by atoms with Gasteiger partial charge in [-0.2, -0.15) is 0 Å². The minimum absolute atomic E-state index is 0.0716. The molecule has 0 aromatic heterocycles. The molecule has 0 atom stereocenters. The summed E-state index contributed by atoms with van der Waals surface area (Å²) in [6.45, 7) is 0. The van der Waals surface area contributed by atoms with E-state index in [1.165, 1.54) is 24.3 Å². The third-order valence-electron chi connectivity index (χ3n) is 2.30. The lowest BCUT2D eigenvalue weighted by atomic mass is 10.3. The highest BCUT2D eigenvalue weighted by atomic mass is 35.5. The highest BCUT2D eigenvalue weighted by molar-refractivity contribution is 7.92. The van der Waals surface area contributed by atoms with Crippen molar-refractivity contribution in [3.8, 4) is 0 Å². The molecule has 0 spiro atoms. The van der Waals surface area contributed by atoms with Crippen LogP contribution in [0.2, 0.25) is 5.02 Å². The maximum Gasteiger partial charge on any atom is 0.264 e. The summed E-state index contributed by atoms with van der Waals surface area (Å²) in [5.41, 5.74) is -0.253. The monoisotopic (exact) mass is 303 g/mol. The average Bonchev–Trinajstić information content (AvgIpc) is 2.31. The van der Waals surface area contributed by atoms with Crippen molar-refractivity contribution in [1.82, 2.24) is 0 Å². The van der Waals surface area contributed by atoms with Crippen molar-refractivity contribution in [2.45, 2.75) is 4.90 Å². The molecule has 2 aromatic carbocycles. The van der Waals surface area contributed by atoms with Crippen LogP contribution in [0.25, 0.3) is 0 Å². The number of sulfonamides is 1. The Bertz CT molecular complexity index is 719. The molecule has 3 nitrogen and oxygen atoms in total. The zero-order valence-electron chi connectivity index (χ0n) is 9.40. The Morgan fingerprint density at radius 3 is 2.32 bits per heavy atom. The second-order valence-corrected chi connectivity index (χ2v) is 5.75. The van der Waals surface area contributed by atoms with Crippen molar-refractivity contribution in [3.63, 3.8) is 0 Å². The lowest BCUT2D eigenvalue weighted by Crippen LogP contribution is -2.15. The standard InChI is InChI=1S/C12H8ClF2NO2S/c13-8-5-6-12(10(15)7-8)19(17,18)16-11-4-2-1-3-9(11)14/h1-7,16H. The highest BCUT2D eigenvalue weighted by Crippen LogP contribution is 2.22. The van der Waals surface area contributed by atoms with E-state index in [4.69, 9.17) is 11.6 Å². The van der Waals surface area contributed by atoms with Crippen LogP contribution in [-0.4, -0.2) is 8.42 Å². The van der Waals surface area contributed by atoms with Gasteiger partial charge in [-0.1, -0.05) is 23.7 Å². The van der Waals surface area contributed by atoms with Crippen molar-refractivity contribution >= 4 is 27.3 Å². The molecule has 0 aliphatic heterocycles. The molecule has 0 heterocycles. The van der Waals surface area contributed by atoms with Crippen molar-refractivity contribution in [1.29, 1.82) is 0 Å². The van der Waals surface area contributed by atoms with E-state index in [0.717, 1.165) is 18.2 Å². The van der Waals surface area contributed by atoms with Gasteiger partial charge in [-0.15, -0.1) is 0 Å². The Kier molecular flexibility index (Phi) is 3.73. The fourth-order valence-corrected chi connectivity index (χ4v) is 2.72. The zero-order chi connectivity index (χ0) is 14.0. The molecule has 0 aliphatic carbocycles. The van der Waals surface area contributed by atoms with E-state index in [1.54, 1.807) is 0 Å². The first kappa shape index (κ1) is 13.8. The van der Waals surface area contributed by atoms with Crippen LogP contribution in [0.1, 0.15) is 0 Å². The van der Waals surface area contributed by atoms with Gasteiger partial charge >= 0.3 is 0 Å². The second kappa shape index (κ2) is 5.14. The number of hydrogen-bond donors (Lipinski definition) is 1. The van der Waals surface area contributed by atoms with Gasteiger partial charge in [-0.05, 0) is 30.3 Å². The van der Waals surface area contributed by atoms with Crippen LogP contribution in [0.3, 0.4) is 0 Å². The van der Waals surface area contributed by atoms with Crippen LogP contribution in [0, 0.1) is 11.6 Å². The normalized spacial score (nSPS) is 11.3. The summed E-state index contributed by atoms with van der Waals surface area (Å²) >= 11 is 5.54. The van der Waals surface area contributed by atoms with E-state index in [-0.39, 0.29) is 10.7 Å². The topological polar surface area (TPSA) is 46.2 Å². The molecule has 0 bridgehead atoms. The molecule has 0 fully saturated rings. The Balaban J connectivity index is 2.41. The Labute approximate surface area is 113 Å². The van der Waals surface area contributed by atoms with E-state index in [1.807, 2.05) is 4.72 Å². The summed E-state index contributed by atoms with van der Waals surface area (Å²) in [6, 6.07) is 8.32. The van der Waals surface area contributed by atoms with E-state index in [2.05, 4.69) is 0 Å². The smallest absolute Gasteiger partial charge is 0.264 e. The third kappa shape index (κ3) is 3.02. The van der Waals surface area contributed by atoms with Gasteiger partial charge in [0.2, 0.25) is 0 Å². The van der Waals surface area contributed by atoms with Crippen molar-refractivity contribution in [2.24, 2.45) is 0 Å². The van der Waals surface area contributed by atoms with Crippen LogP contribution in [0.15, 0.2) is 47.4 Å². The SMILES string of the molecule is O=S(=O)(Nc1ccccc1F)c1ccc(Cl)cc1F. The van der Waals surface area contributed by atoms with Crippen LogP contribution in [-0.2, 0) is 10.0 Å². The number of benzene rings is 2. The van der Waals surface area contributed by atoms with Crippen LogP contribution < -0.4 is 4.72 Å². The van der Waals surface area contributed by atoms with Gasteiger partial charge < -0.3 is 0 Å². The first-order chi connectivity index (χ1) is 8.90. The van der Waals surface area contributed by atoms with Gasteiger partial charge in [0.05, 0.1) is 5.69 Å². The van der Waals surface area contributed by atoms with E-state index in [0.29, 0.717) is 0 Å². The molecular formula is C12H8ClF2NO2S. The predicted octanol–water partition coefficient (Wildman–Crippen LogP) is 3.42. The maximum absolute atomic E-state index is 13.6. The first-order valence-corrected chi connectivity index (χ1v) is 6.99. The van der Waals surface area contributed by atoms with Gasteiger partial charge in [0.15, 0.2) is 0 Å². The highest BCUT2D eigenvalue weighted by Gasteiger charge is 2.20. The van der Waals surface area contributed by atoms with Crippen molar-refractivity contribution in [2.75, 3.05) is 4.72 Å². The predicted molar refractivity (Wildman–Crippen MR) is 68.6 cm³/mol. The van der Waals surface area contributed by atoms with E-state index < -0.39 is 26.6 Å². The molecule has 19 heavy (non-hydrogen) atoms. The average molecular weight is 304 g/mol. The zero-order valence-corrected chi connectivity index (χ0v) is 11.0. The second-order valence-electron chi connectivity index (χ2n) is 3.66. The van der Waals surface area contributed by atoms with Gasteiger partial charge in [0, 0.05) is 5.02 Å². The fourth-order valence-electron chi connectivity index (χ4n) is 1.44. The fraction of sp³-hybridized carbons (Fsp3) is 0. The molecule has 2 aromatic rings. The molecule has 1 N–H and O–H groups in total. The molecule has 0 aliphatic rings. The molecule has 0 saturated heterocycles. The summed E-state index contributed by atoms with van der Waals surface area (Å²) in [6.07, 6.45) is 0. The van der Waals surface area contributed by atoms with Crippen molar-refractivity contribution in [3.05, 3.63) is 59.1 Å². The quantitative estimate of drug-likeness (QED) is 0.944. The van der Waals surface area contributed by atoms with E-state index in [9.17, 15) is 17.2 Å². The first-order valence-electron chi connectivity index (χ1n) is 5.12. The lowest BCUT2D eigenvalue weighted by molar-refractivity contribution is 0.569. The minimum Gasteiger partial charge on any atom is -0.277 e. The Morgan fingerprint density at radius 1 is 1.00 bits per heavy atom. The largest absolute Gasteiger partial charge is 0.277 e. The molecule has 7 heteroatoms. The lowest BCUT2D eigenvalue weighted by Gasteiger charge is -2.09. The Morgan fingerprint density at radius 2 is 1.68 bits per heavy atom. The maximum atomic E-state index is 13.6. The minimum atomic E-state index is -4.21. The summed E-state index contributed by atoms with van der Waals surface area (Å²) in [4.78, 5) is -0.597. The van der Waals surface area contributed by atoms with E-state index >= 15 is 0 Å². The molecular weight excluding hydrogens is 296 g/mol. The van der Waals surface area contributed by atoms with Gasteiger partial charge in [-0.3, -0.25) is 4.72 Å². The van der Waals surface area contributed by atoms with Crippen LogP contribution in [0.4, 0.5) is 14.5 Å². The number of anilines is 1. The summed E-state index contributed by atoms with van der Waals surface area (Å²) in [5.74, 6) is -1.75. The number of para-hydroxylation sites is 1. The number of hydrogen-bond acceptors (Lipinski definition) is 2. The molecule has 0 unspecified atom stereocenters. The van der Waals surface area contributed by atoms with Crippen molar-refractivity contribution < 1.29 is 17.2 Å². The summed E-state index contributed by atoms with van der Waals surface area (Å²) in [7, 11) is -4.21. The van der Waals surface area contributed by atoms with Gasteiger partial charge in [-0.25, -0.2) is 17.2 Å².